The molecule has 0 saturated carbocycles. The number of aryl methyl sites for hydroxylation is 1. The normalized spacial score (nSPS) is 14.4. The van der Waals surface area contributed by atoms with E-state index in [1.807, 2.05) is 32.0 Å². The highest BCUT2D eigenvalue weighted by molar-refractivity contribution is 5.99. The molecule has 2 N–H and O–H groups in total. The van der Waals surface area contributed by atoms with Crippen LogP contribution in [0.3, 0.4) is 0 Å². The summed E-state index contributed by atoms with van der Waals surface area (Å²) >= 11 is 0. The molecule has 2 aromatic carbocycles. The summed E-state index contributed by atoms with van der Waals surface area (Å²) in [5, 5.41) is 3.89. The third kappa shape index (κ3) is 4.46. The van der Waals surface area contributed by atoms with Gasteiger partial charge in [0.25, 0.3) is 5.91 Å². The summed E-state index contributed by atoms with van der Waals surface area (Å²) in [7, 11) is 0. The molecule has 29 heavy (non-hydrogen) atoms. The number of hydrogen-bond donors (Lipinski definition) is 2. The van der Waals surface area contributed by atoms with Gasteiger partial charge in [-0.2, -0.15) is 0 Å². The van der Waals surface area contributed by atoms with E-state index in [2.05, 4.69) is 29.6 Å². The lowest BCUT2D eigenvalue weighted by atomic mass is 10.1. The molecule has 0 aliphatic carbocycles. The predicted molar refractivity (Wildman–Crippen MR) is 113 cm³/mol. The second kappa shape index (κ2) is 8.70. The molecule has 152 valence electrons. The molecule has 5 heteroatoms. The molecule has 1 saturated heterocycles. The molecule has 1 aliphatic heterocycles. The van der Waals surface area contributed by atoms with Crippen LogP contribution >= 0.6 is 0 Å². The zero-order valence-electron chi connectivity index (χ0n) is 17.2. The summed E-state index contributed by atoms with van der Waals surface area (Å²) in [6.45, 7) is 8.59. The minimum atomic E-state index is -0.192. The molecule has 1 fully saturated rings. The molecule has 5 nitrogen and oxygen atoms in total. The standard InChI is InChI=1S/C24H28N2O3/c1-3-28-20-10-11-22-21(14-20)17(2)23(29-22)24(27)25-15-18-6-8-19(9-7-18)16-26-12-4-5-13-26/h6-11,14H,3-5,12-13,15-16H2,1-2H3,(H,25,27)/p+1. The number of carbonyl (C=O) groups is 1. The molecule has 0 radical (unpaired) electrons. The van der Waals surface area contributed by atoms with Gasteiger partial charge in [0.15, 0.2) is 5.76 Å². The quantitative estimate of drug-likeness (QED) is 0.648. The second-order valence-corrected chi connectivity index (χ2v) is 7.78. The molecule has 1 amide bonds. The molecular weight excluding hydrogens is 364 g/mol. The predicted octanol–water partition coefficient (Wildman–Crippen LogP) is 3.25. The lowest BCUT2D eigenvalue weighted by molar-refractivity contribution is -0.901. The van der Waals surface area contributed by atoms with Gasteiger partial charge in [0, 0.05) is 35.9 Å². The van der Waals surface area contributed by atoms with E-state index in [1.54, 1.807) is 4.90 Å². The van der Waals surface area contributed by atoms with Crippen LogP contribution < -0.4 is 15.0 Å². The summed E-state index contributed by atoms with van der Waals surface area (Å²) < 4.78 is 11.4. The number of benzene rings is 2. The van der Waals surface area contributed by atoms with Crippen molar-refractivity contribution in [1.29, 1.82) is 0 Å². The van der Waals surface area contributed by atoms with Gasteiger partial charge < -0.3 is 19.4 Å². The number of ether oxygens (including phenoxy) is 1. The number of nitrogens with one attached hydrogen (secondary N) is 2. The Bertz CT molecular complexity index is 985. The van der Waals surface area contributed by atoms with E-state index < -0.39 is 0 Å². The van der Waals surface area contributed by atoms with Crippen molar-refractivity contribution < 1.29 is 18.8 Å². The van der Waals surface area contributed by atoms with Crippen molar-refractivity contribution in [2.45, 2.75) is 39.8 Å². The fourth-order valence-electron chi connectivity index (χ4n) is 4.05. The van der Waals surface area contributed by atoms with Crippen LogP contribution in [0.15, 0.2) is 46.9 Å². The largest absolute Gasteiger partial charge is 0.494 e. The summed E-state index contributed by atoms with van der Waals surface area (Å²) in [5.74, 6) is 0.955. The van der Waals surface area contributed by atoms with E-state index in [-0.39, 0.29) is 5.91 Å². The summed E-state index contributed by atoms with van der Waals surface area (Å²) in [5.41, 5.74) is 3.98. The smallest absolute Gasteiger partial charge is 0.287 e. The number of quaternary nitrogens is 1. The van der Waals surface area contributed by atoms with Crippen LogP contribution in [0.2, 0.25) is 0 Å². The van der Waals surface area contributed by atoms with Gasteiger partial charge in [0.2, 0.25) is 0 Å². The highest BCUT2D eigenvalue weighted by Gasteiger charge is 2.18. The lowest BCUT2D eigenvalue weighted by Gasteiger charge is -2.12. The third-order valence-corrected chi connectivity index (χ3v) is 5.67. The van der Waals surface area contributed by atoms with Gasteiger partial charge in [-0.1, -0.05) is 24.3 Å². The van der Waals surface area contributed by atoms with E-state index >= 15 is 0 Å². The number of carbonyl (C=O) groups excluding carboxylic acids is 1. The maximum Gasteiger partial charge on any atom is 0.287 e. The number of hydrogen-bond acceptors (Lipinski definition) is 3. The maximum atomic E-state index is 12.7. The molecule has 3 aromatic rings. The van der Waals surface area contributed by atoms with Crippen molar-refractivity contribution in [2.75, 3.05) is 19.7 Å². The van der Waals surface area contributed by atoms with Crippen molar-refractivity contribution in [3.8, 4) is 5.75 Å². The first-order valence-electron chi connectivity index (χ1n) is 10.5. The van der Waals surface area contributed by atoms with Crippen molar-refractivity contribution >= 4 is 16.9 Å². The average Bonchev–Trinajstić information content (AvgIpc) is 3.36. The van der Waals surface area contributed by atoms with Crippen LogP contribution in [-0.2, 0) is 13.1 Å². The molecule has 0 bridgehead atoms. The van der Waals surface area contributed by atoms with Crippen LogP contribution in [-0.4, -0.2) is 25.6 Å². The first-order chi connectivity index (χ1) is 14.1. The molecule has 0 atom stereocenters. The third-order valence-electron chi connectivity index (χ3n) is 5.67. The van der Waals surface area contributed by atoms with Crippen LogP contribution in [0.5, 0.6) is 5.75 Å². The number of fused-ring (bicyclic) bond motifs is 1. The zero-order chi connectivity index (χ0) is 20.2. The number of likely N-dealkylation sites (tertiary alicyclic amines) is 1. The van der Waals surface area contributed by atoms with E-state index in [0.717, 1.165) is 28.8 Å². The Morgan fingerprint density at radius 2 is 1.83 bits per heavy atom. The molecule has 1 aliphatic rings. The first kappa shape index (κ1) is 19.5. The summed E-state index contributed by atoms with van der Waals surface area (Å²) in [4.78, 5) is 14.3. The molecule has 0 unspecified atom stereocenters. The SMILES string of the molecule is CCOc1ccc2oc(C(=O)NCc3ccc(C[NH+]4CCCC4)cc3)c(C)c2c1. The van der Waals surface area contributed by atoms with E-state index in [1.165, 1.54) is 31.5 Å². The Labute approximate surface area is 171 Å². The van der Waals surface area contributed by atoms with Gasteiger partial charge >= 0.3 is 0 Å². The Morgan fingerprint density at radius 3 is 2.55 bits per heavy atom. The van der Waals surface area contributed by atoms with Crippen LogP contribution in [0, 0.1) is 6.92 Å². The summed E-state index contributed by atoms with van der Waals surface area (Å²) in [6, 6.07) is 14.2. The van der Waals surface area contributed by atoms with Crippen molar-refractivity contribution in [3.63, 3.8) is 0 Å². The van der Waals surface area contributed by atoms with E-state index in [0.29, 0.717) is 24.5 Å². The van der Waals surface area contributed by atoms with Gasteiger partial charge in [-0.25, -0.2) is 0 Å². The topological polar surface area (TPSA) is 55.9 Å². The van der Waals surface area contributed by atoms with Gasteiger partial charge in [-0.05, 0) is 37.6 Å². The van der Waals surface area contributed by atoms with Gasteiger partial charge in [-0.15, -0.1) is 0 Å². The van der Waals surface area contributed by atoms with Crippen LogP contribution in [0.1, 0.15) is 47.0 Å². The van der Waals surface area contributed by atoms with Gasteiger partial charge in [-0.3, -0.25) is 4.79 Å². The number of rotatable bonds is 7. The first-order valence-corrected chi connectivity index (χ1v) is 10.5. The number of amides is 1. The van der Waals surface area contributed by atoms with E-state index in [4.69, 9.17) is 9.15 Å². The fraction of sp³-hybridized carbons (Fsp3) is 0.375. The highest BCUT2D eigenvalue weighted by atomic mass is 16.5. The Kier molecular flexibility index (Phi) is 5.86. The van der Waals surface area contributed by atoms with Gasteiger partial charge in [0.1, 0.15) is 17.9 Å². The molecule has 4 rings (SSSR count). The fourth-order valence-corrected chi connectivity index (χ4v) is 4.05. The van der Waals surface area contributed by atoms with Crippen molar-refractivity contribution in [1.82, 2.24) is 5.32 Å². The Balaban J connectivity index is 1.39. The minimum absolute atomic E-state index is 0.192. The van der Waals surface area contributed by atoms with E-state index in [9.17, 15) is 4.79 Å². The van der Waals surface area contributed by atoms with Crippen molar-refractivity contribution in [3.05, 3.63) is 64.9 Å². The molecule has 2 heterocycles. The molecule has 0 spiro atoms. The average molecular weight is 394 g/mol. The second-order valence-electron chi connectivity index (χ2n) is 7.78. The van der Waals surface area contributed by atoms with Crippen molar-refractivity contribution in [2.24, 2.45) is 0 Å². The highest BCUT2D eigenvalue weighted by Crippen LogP contribution is 2.29. The maximum absolute atomic E-state index is 12.7. The molecular formula is C24H29N2O3+. The van der Waals surface area contributed by atoms with Crippen LogP contribution in [0.25, 0.3) is 11.0 Å². The Morgan fingerprint density at radius 1 is 1.10 bits per heavy atom. The minimum Gasteiger partial charge on any atom is -0.494 e. The monoisotopic (exact) mass is 393 g/mol. The van der Waals surface area contributed by atoms with Crippen LogP contribution in [0.4, 0.5) is 0 Å². The lowest BCUT2D eigenvalue weighted by Crippen LogP contribution is -3.08. The summed E-state index contributed by atoms with van der Waals surface area (Å²) in [6.07, 6.45) is 2.68. The van der Waals surface area contributed by atoms with Gasteiger partial charge in [0.05, 0.1) is 19.7 Å². The Hall–Kier alpha value is -2.79. The molecule has 1 aromatic heterocycles. The zero-order valence-corrected chi connectivity index (χ0v) is 17.2. The number of furan rings is 1.